The Morgan fingerprint density at radius 2 is 2.26 bits per heavy atom. The summed E-state index contributed by atoms with van der Waals surface area (Å²) in [6, 6.07) is -0.961. The van der Waals surface area contributed by atoms with Gasteiger partial charge in [0.2, 0.25) is 0 Å². The number of aromatic nitrogens is 3. The molecule has 2 aliphatic heterocycles. The van der Waals surface area contributed by atoms with Crippen LogP contribution in [0.25, 0.3) is 0 Å². The molecule has 0 saturated carbocycles. The Kier molecular flexibility index (Phi) is 6.12. The Balaban J connectivity index is 1.48. The molecule has 16 heteroatoms. The fraction of sp³-hybridized carbons (Fsp3) is 0.267. The van der Waals surface area contributed by atoms with Crippen molar-refractivity contribution in [1.82, 2.24) is 24.6 Å². The normalized spacial score (nSPS) is 21.0. The van der Waals surface area contributed by atoms with Gasteiger partial charge in [0.15, 0.2) is 15.2 Å². The molecule has 4 heterocycles. The van der Waals surface area contributed by atoms with Gasteiger partial charge in [-0.2, -0.15) is 4.37 Å². The number of carboxylic acid groups (broad SMARTS) is 1. The lowest BCUT2D eigenvalue weighted by atomic mass is 10.0. The first-order chi connectivity index (χ1) is 14.9. The second-order valence-corrected chi connectivity index (χ2v) is 10.1. The van der Waals surface area contributed by atoms with Crippen molar-refractivity contribution in [2.75, 3.05) is 17.2 Å². The monoisotopic (exact) mass is 499 g/mol. The number of β-lactam (4-membered cyclic amide) rings is 1. The molecule has 4 rings (SSSR count). The average Bonchev–Trinajstić information content (AvgIpc) is 3.42. The van der Waals surface area contributed by atoms with Crippen LogP contribution in [0.15, 0.2) is 32.5 Å². The Labute approximate surface area is 190 Å². The Morgan fingerprint density at radius 1 is 1.45 bits per heavy atom. The van der Waals surface area contributed by atoms with Crippen molar-refractivity contribution >= 4 is 75.0 Å². The molecule has 162 valence electrons. The van der Waals surface area contributed by atoms with Gasteiger partial charge in [0.25, 0.3) is 11.8 Å². The lowest BCUT2D eigenvalue weighted by molar-refractivity contribution is -0.150. The molecule has 0 radical (unpaired) electrons. The number of thiazole rings is 1. The summed E-state index contributed by atoms with van der Waals surface area (Å²) < 4.78 is 4.60. The quantitative estimate of drug-likeness (QED) is 0.135. The summed E-state index contributed by atoms with van der Waals surface area (Å²) in [5.74, 6) is -1.87. The van der Waals surface area contributed by atoms with Crippen molar-refractivity contribution in [1.29, 1.82) is 0 Å². The Morgan fingerprint density at radius 3 is 2.87 bits per heavy atom. The maximum absolute atomic E-state index is 12.7. The third-order valence-electron chi connectivity index (χ3n) is 4.33. The van der Waals surface area contributed by atoms with Gasteiger partial charge >= 0.3 is 5.97 Å². The zero-order valence-electron chi connectivity index (χ0n) is 15.3. The highest BCUT2D eigenvalue weighted by Gasteiger charge is 2.54. The smallest absolute Gasteiger partial charge is 0.352 e. The van der Waals surface area contributed by atoms with E-state index in [-0.39, 0.29) is 22.2 Å². The lowest BCUT2D eigenvalue weighted by Gasteiger charge is -2.49. The van der Waals surface area contributed by atoms with Gasteiger partial charge < -0.3 is 21.4 Å². The van der Waals surface area contributed by atoms with Gasteiger partial charge in [-0.05, 0) is 17.1 Å². The summed E-state index contributed by atoms with van der Waals surface area (Å²) in [4.78, 5) is 46.2. The molecule has 0 spiro atoms. The largest absolute Gasteiger partial charge is 0.477 e. The van der Waals surface area contributed by atoms with E-state index in [2.05, 4.69) is 24.8 Å². The first-order valence-corrected chi connectivity index (χ1v) is 12.1. The summed E-state index contributed by atoms with van der Waals surface area (Å²) >= 11 is 4.95. The van der Waals surface area contributed by atoms with Crippen molar-refractivity contribution in [3.05, 3.63) is 28.7 Å². The summed E-state index contributed by atoms with van der Waals surface area (Å²) in [6.07, 6.45) is 1.42. The highest BCUT2D eigenvalue weighted by Crippen LogP contribution is 2.41. The molecule has 2 aromatic rings. The zero-order valence-corrected chi connectivity index (χ0v) is 18.6. The van der Waals surface area contributed by atoms with Gasteiger partial charge in [0.1, 0.15) is 29.1 Å². The Bertz CT molecular complexity index is 1100. The van der Waals surface area contributed by atoms with Crippen molar-refractivity contribution in [3.63, 3.8) is 0 Å². The maximum atomic E-state index is 12.7. The molecule has 0 bridgehead atoms. The number of nitrogens with one attached hydrogen (secondary N) is 1. The van der Waals surface area contributed by atoms with Crippen LogP contribution in [-0.2, 0) is 14.4 Å². The molecule has 1 saturated heterocycles. The molecule has 2 aliphatic rings. The van der Waals surface area contributed by atoms with Gasteiger partial charge in [-0.15, -0.1) is 23.1 Å². The van der Waals surface area contributed by atoms with E-state index in [1.165, 1.54) is 51.7 Å². The van der Waals surface area contributed by atoms with Crippen LogP contribution in [0.1, 0.15) is 5.69 Å². The van der Waals surface area contributed by atoms with E-state index in [9.17, 15) is 24.7 Å². The van der Waals surface area contributed by atoms with E-state index in [0.29, 0.717) is 21.4 Å². The van der Waals surface area contributed by atoms with E-state index in [4.69, 9.17) is 5.73 Å². The first-order valence-electron chi connectivity index (χ1n) is 8.44. The number of thioether (sulfide) groups is 2. The topological polar surface area (TPSA) is 184 Å². The number of nitrogens with zero attached hydrogens (tertiary/aromatic N) is 5. The number of rotatable bonds is 7. The van der Waals surface area contributed by atoms with Crippen LogP contribution in [0.2, 0.25) is 0 Å². The molecule has 31 heavy (non-hydrogen) atoms. The Hall–Kier alpha value is -2.69. The average molecular weight is 500 g/mol. The first kappa shape index (κ1) is 21.5. The molecule has 0 aliphatic carbocycles. The fourth-order valence-electron chi connectivity index (χ4n) is 2.99. The molecule has 0 aromatic carbocycles. The standard InChI is InChI=1S/C15H13N7O5S4/c16-14-19-6(3-29-14)7(21-27)10(23)20-8-11(24)22-9(13(25)26)5(1-28-12(8)22)2-30-15-17-4-18-31-15/h3-4,8,12,27H,1-2H2,(H2,16,19)(H,20,23)(H,25,26)/b21-7-/t8-,12-/m1/s1. The van der Waals surface area contributed by atoms with Crippen LogP contribution < -0.4 is 11.1 Å². The molecule has 0 unspecified atom stereocenters. The molecule has 2 aromatic heterocycles. The van der Waals surface area contributed by atoms with E-state index in [1.54, 1.807) is 0 Å². The molecular formula is C15H13N7O5S4. The number of hydrogen-bond acceptors (Lipinski definition) is 13. The van der Waals surface area contributed by atoms with Crippen molar-refractivity contribution in [3.8, 4) is 0 Å². The summed E-state index contributed by atoms with van der Waals surface area (Å²) in [5.41, 5.74) is 5.73. The molecule has 5 N–H and O–H groups in total. The van der Waals surface area contributed by atoms with Crippen molar-refractivity contribution < 1.29 is 24.7 Å². The predicted octanol–water partition coefficient (Wildman–Crippen LogP) is 0.286. The minimum Gasteiger partial charge on any atom is -0.477 e. The number of amides is 2. The second-order valence-electron chi connectivity index (χ2n) is 6.13. The third-order valence-corrected chi connectivity index (χ3v) is 8.22. The number of fused-ring (bicyclic) bond motifs is 1. The van der Waals surface area contributed by atoms with Crippen LogP contribution in [-0.4, -0.2) is 76.0 Å². The molecule has 2 atom stereocenters. The highest BCUT2D eigenvalue weighted by molar-refractivity contribution is 8.01. The molecule has 1 fully saturated rings. The number of carbonyl (C=O) groups is 3. The van der Waals surface area contributed by atoms with Crippen molar-refractivity contribution in [2.24, 2.45) is 5.16 Å². The number of nitrogens with two attached hydrogens (primary N) is 1. The minimum atomic E-state index is -1.22. The van der Waals surface area contributed by atoms with Crippen LogP contribution in [0.3, 0.4) is 0 Å². The number of nitrogen functional groups attached to an aromatic ring is 1. The number of oxime groups is 1. The van der Waals surface area contributed by atoms with Crippen LogP contribution >= 0.6 is 46.4 Å². The van der Waals surface area contributed by atoms with Crippen LogP contribution in [0, 0.1) is 0 Å². The van der Waals surface area contributed by atoms with E-state index in [1.807, 2.05) is 0 Å². The van der Waals surface area contributed by atoms with Gasteiger partial charge in [0.05, 0.1) is 0 Å². The minimum absolute atomic E-state index is 0.0736. The predicted molar refractivity (Wildman–Crippen MR) is 115 cm³/mol. The summed E-state index contributed by atoms with van der Waals surface area (Å²) in [5, 5.41) is 25.4. The van der Waals surface area contributed by atoms with Crippen LogP contribution in [0.5, 0.6) is 0 Å². The number of hydrogen-bond donors (Lipinski definition) is 4. The number of carboxylic acids is 1. The van der Waals surface area contributed by atoms with E-state index < -0.39 is 29.2 Å². The highest BCUT2D eigenvalue weighted by atomic mass is 32.2. The second kappa shape index (κ2) is 8.81. The maximum Gasteiger partial charge on any atom is 0.352 e. The van der Waals surface area contributed by atoms with Gasteiger partial charge in [-0.3, -0.25) is 14.5 Å². The zero-order chi connectivity index (χ0) is 22.1. The van der Waals surface area contributed by atoms with E-state index in [0.717, 1.165) is 11.3 Å². The third kappa shape index (κ3) is 4.10. The molecule has 12 nitrogen and oxygen atoms in total. The van der Waals surface area contributed by atoms with Crippen molar-refractivity contribution in [2.45, 2.75) is 15.8 Å². The number of carbonyl (C=O) groups excluding carboxylic acids is 2. The summed E-state index contributed by atoms with van der Waals surface area (Å²) in [6.45, 7) is 0. The fourth-order valence-corrected chi connectivity index (χ4v) is 6.47. The molecular weight excluding hydrogens is 486 g/mol. The number of anilines is 1. The van der Waals surface area contributed by atoms with Crippen LogP contribution in [0.4, 0.5) is 5.13 Å². The lowest BCUT2D eigenvalue weighted by Crippen LogP contribution is -2.71. The number of aliphatic carboxylic acids is 1. The summed E-state index contributed by atoms with van der Waals surface area (Å²) in [7, 11) is 0. The van der Waals surface area contributed by atoms with Gasteiger partial charge in [0, 0.05) is 16.9 Å². The molecule has 2 amide bonds. The SMILES string of the molecule is Nc1nc(/C(=N/O)C(=O)N[C@@H]2C(=O)N3C(C(=O)O)=C(CSc4ncns4)CS[C@H]23)cs1. The van der Waals surface area contributed by atoms with Gasteiger partial charge in [-0.25, -0.2) is 14.8 Å². The van der Waals surface area contributed by atoms with E-state index >= 15 is 0 Å². The van der Waals surface area contributed by atoms with Gasteiger partial charge in [-0.1, -0.05) is 16.9 Å².